The smallest absolute Gasteiger partial charge is 0.229 e. The standard InChI is InChI=1S/C22H24ClN9/c1-14-3-4-19(30-29-14)31-8-5-16(6-9-31)26-21-18(23)12-24-22(28-21)27-17-7-10-32-13-15(2)25-20(32)11-17/h3-4,7,10-13,16H,5-6,8-9H2,1-2H3,(H2,24,26,27,28). The van der Waals surface area contributed by atoms with E-state index in [1.165, 1.54) is 0 Å². The summed E-state index contributed by atoms with van der Waals surface area (Å²) in [6, 6.07) is 8.21. The predicted molar refractivity (Wildman–Crippen MR) is 126 cm³/mol. The third-order valence-electron chi connectivity index (χ3n) is 5.52. The maximum atomic E-state index is 6.38. The summed E-state index contributed by atoms with van der Waals surface area (Å²) in [5.41, 5.74) is 3.62. The number of piperidine rings is 1. The van der Waals surface area contributed by atoms with E-state index in [0.29, 0.717) is 16.8 Å². The van der Waals surface area contributed by atoms with Gasteiger partial charge in [-0.25, -0.2) is 9.97 Å². The minimum atomic E-state index is 0.272. The van der Waals surface area contributed by atoms with Crippen molar-refractivity contribution in [2.75, 3.05) is 28.6 Å². The molecule has 5 rings (SSSR count). The van der Waals surface area contributed by atoms with E-state index < -0.39 is 0 Å². The zero-order chi connectivity index (χ0) is 22.1. The van der Waals surface area contributed by atoms with Gasteiger partial charge in [-0.2, -0.15) is 10.1 Å². The monoisotopic (exact) mass is 449 g/mol. The minimum absolute atomic E-state index is 0.272. The molecule has 32 heavy (non-hydrogen) atoms. The van der Waals surface area contributed by atoms with Gasteiger partial charge in [0.1, 0.15) is 10.7 Å². The van der Waals surface area contributed by atoms with Gasteiger partial charge in [0, 0.05) is 43.3 Å². The Balaban J connectivity index is 1.24. The third-order valence-corrected chi connectivity index (χ3v) is 5.80. The summed E-state index contributed by atoms with van der Waals surface area (Å²) in [7, 11) is 0. The fourth-order valence-electron chi connectivity index (χ4n) is 3.85. The highest BCUT2D eigenvalue weighted by Gasteiger charge is 2.21. The van der Waals surface area contributed by atoms with Gasteiger partial charge >= 0.3 is 0 Å². The van der Waals surface area contributed by atoms with Crippen LogP contribution < -0.4 is 15.5 Å². The first kappa shape index (κ1) is 20.4. The van der Waals surface area contributed by atoms with Crippen molar-refractivity contribution in [3.63, 3.8) is 0 Å². The molecule has 5 heterocycles. The van der Waals surface area contributed by atoms with Gasteiger partial charge in [-0.1, -0.05) is 11.6 Å². The summed E-state index contributed by atoms with van der Waals surface area (Å²) in [4.78, 5) is 15.7. The minimum Gasteiger partial charge on any atom is -0.366 e. The van der Waals surface area contributed by atoms with E-state index in [-0.39, 0.29) is 6.04 Å². The molecule has 1 fully saturated rings. The van der Waals surface area contributed by atoms with Crippen molar-refractivity contribution in [2.24, 2.45) is 0 Å². The molecule has 10 heteroatoms. The van der Waals surface area contributed by atoms with Gasteiger partial charge in [0.25, 0.3) is 0 Å². The molecule has 0 amide bonds. The molecule has 1 aliphatic rings. The van der Waals surface area contributed by atoms with Gasteiger partial charge in [0.05, 0.1) is 17.6 Å². The van der Waals surface area contributed by atoms with Gasteiger partial charge in [0.15, 0.2) is 11.6 Å². The summed E-state index contributed by atoms with van der Waals surface area (Å²) < 4.78 is 1.98. The van der Waals surface area contributed by atoms with Crippen LogP contribution in [0.3, 0.4) is 0 Å². The van der Waals surface area contributed by atoms with E-state index in [1.807, 2.05) is 54.9 Å². The van der Waals surface area contributed by atoms with Gasteiger partial charge in [-0.05, 0) is 44.9 Å². The number of aromatic nitrogens is 6. The number of anilines is 4. The predicted octanol–water partition coefficient (Wildman–Crippen LogP) is 4.01. The number of halogens is 1. The number of nitrogens with one attached hydrogen (secondary N) is 2. The first-order valence-electron chi connectivity index (χ1n) is 10.6. The molecule has 1 aliphatic heterocycles. The van der Waals surface area contributed by atoms with E-state index in [1.54, 1.807) is 6.20 Å². The Kier molecular flexibility index (Phi) is 5.48. The highest BCUT2D eigenvalue weighted by molar-refractivity contribution is 6.32. The lowest BCUT2D eigenvalue weighted by atomic mass is 10.1. The molecular weight excluding hydrogens is 426 g/mol. The highest BCUT2D eigenvalue weighted by atomic mass is 35.5. The molecule has 4 aromatic heterocycles. The molecule has 0 spiro atoms. The molecule has 4 aromatic rings. The van der Waals surface area contributed by atoms with Gasteiger partial charge in [-0.3, -0.25) is 0 Å². The van der Waals surface area contributed by atoms with Crippen LogP contribution in [-0.4, -0.2) is 48.7 Å². The van der Waals surface area contributed by atoms with Crippen LogP contribution >= 0.6 is 11.6 Å². The third kappa shape index (κ3) is 4.43. The van der Waals surface area contributed by atoms with Gasteiger partial charge < -0.3 is 19.9 Å². The lowest BCUT2D eigenvalue weighted by Gasteiger charge is -2.33. The molecule has 0 unspecified atom stereocenters. The van der Waals surface area contributed by atoms with Crippen LogP contribution in [0.25, 0.3) is 5.65 Å². The number of hydrogen-bond donors (Lipinski definition) is 2. The maximum absolute atomic E-state index is 6.38. The van der Waals surface area contributed by atoms with Crippen LogP contribution in [-0.2, 0) is 0 Å². The molecule has 0 aliphatic carbocycles. The topological polar surface area (TPSA) is 96.2 Å². The Morgan fingerprint density at radius 1 is 1.03 bits per heavy atom. The molecular formula is C22H24ClN9. The van der Waals surface area contributed by atoms with Gasteiger partial charge in [-0.15, -0.1) is 5.10 Å². The van der Waals surface area contributed by atoms with Crippen LogP contribution in [0, 0.1) is 13.8 Å². The molecule has 0 saturated carbocycles. The molecule has 9 nitrogen and oxygen atoms in total. The number of pyridine rings is 1. The highest BCUT2D eigenvalue weighted by Crippen LogP contribution is 2.25. The number of imidazole rings is 1. The first-order chi connectivity index (χ1) is 15.5. The van der Waals surface area contributed by atoms with Crippen LogP contribution in [0.2, 0.25) is 5.02 Å². The lowest BCUT2D eigenvalue weighted by Crippen LogP contribution is -2.39. The summed E-state index contributed by atoms with van der Waals surface area (Å²) >= 11 is 6.38. The van der Waals surface area contributed by atoms with E-state index in [9.17, 15) is 0 Å². The average Bonchev–Trinajstić information content (AvgIpc) is 3.16. The fraction of sp³-hybridized carbons (Fsp3) is 0.318. The Morgan fingerprint density at radius 3 is 2.66 bits per heavy atom. The molecule has 0 bridgehead atoms. The van der Waals surface area contributed by atoms with Crippen LogP contribution in [0.5, 0.6) is 0 Å². The maximum Gasteiger partial charge on any atom is 0.229 e. The molecule has 0 aromatic carbocycles. The fourth-order valence-corrected chi connectivity index (χ4v) is 4.00. The Hall–Kier alpha value is -3.46. The SMILES string of the molecule is Cc1ccc(N2CCC(Nc3nc(Nc4ccn5cc(C)nc5c4)ncc3Cl)CC2)nn1. The number of nitrogens with zero attached hydrogens (tertiary/aromatic N) is 7. The van der Waals surface area contributed by atoms with Crippen molar-refractivity contribution >= 4 is 40.5 Å². The summed E-state index contributed by atoms with van der Waals surface area (Å²) in [6.45, 7) is 5.71. The Morgan fingerprint density at radius 2 is 1.88 bits per heavy atom. The summed E-state index contributed by atoms with van der Waals surface area (Å²) in [6.07, 6.45) is 7.47. The van der Waals surface area contributed by atoms with E-state index >= 15 is 0 Å². The molecule has 2 N–H and O–H groups in total. The molecule has 0 atom stereocenters. The van der Waals surface area contributed by atoms with Crippen LogP contribution in [0.15, 0.2) is 42.9 Å². The zero-order valence-corrected chi connectivity index (χ0v) is 18.7. The largest absolute Gasteiger partial charge is 0.366 e. The average molecular weight is 450 g/mol. The summed E-state index contributed by atoms with van der Waals surface area (Å²) in [5, 5.41) is 15.7. The van der Waals surface area contributed by atoms with Crippen molar-refractivity contribution in [3.8, 4) is 0 Å². The second kappa shape index (κ2) is 8.58. The van der Waals surface area contributed by atoms with Crippen molar-refractivity contribution in [2.45, 2.75) is 32.7 Å². The number of rotatable bonds is 5. The molecule has 164 valence electrons. The number of hydrogen-bond acceptors (Lipinski definition) is 8. The van der Waals surface area contributed by atoms with Crippen molar-refractivity contribution in [3.05, 3.63) is 59.3 Å². The second-order valence-electron chi connectivity index (χ2n) is 8.02. The quantitative estimate of drug-likeness (QED) is 0.471. The normalized spacial score (nSPS) is 14.7. The first-order valence-corrected chi connectivity index (χ1v) is 11.0. The van der Waals surface area contributed by atoms with E-state index in [2.05, 4.69) is 40.7 Å². The Bertz CT molecular complexity index is 1230. The Labute approximate surface area is 190 Å². The summed E-state index contributed by atoms with van der Waals surface area (Å²) in [5.74, 6) is 2.04. The molecule has 1 saturated heterocycles. The van der Waals surface area contributed by atoms with Gasteiger partial charge in [0.2, 0.25) is 5.95 Å². The molecule has 0 radical (unpaired) electrons. The number of fused-ring (bicyclic) bond motifs is 1. The second-order valence-corrected chi connectivity index (χ2v) is 8.42. The lowest BCUT2D eigenvalue weighted by molar-refractivity contribution is 0.521. The van der Waals surface area contributed by atoms with Crippen molar-refractivity contribution < 1.29 is 0 Å². The van der Waals surface area contributed by atoms with E-state index in [4.69, 9.17) is 11.6 Å². The van der Waals surface area contributed by atoms with Crippen molar-refractivity contribution in [1.29, 1.82) is 0 Å². The van der Waals surface area contributed by atoms with Crippen LogP contribution in [0.4, 0.5) is 23.3 Å². The van der Waals surface area contributed by atoms with E-state index in [0.717, 1.165) is 54.5 Å². The van der Waals surface area contributed by atoms with Crippen molar-refractivity contribution in [1.82, 2.24) is 29.5 Å². The zero-order valence-electron chi connectivity index (χ0n) is 18.0. The number of aryl methyl sites for hydroxylation is 2. The van der Waals surface area contributed by atoms with Crippen LogP contribution in [0.1, 0.15) is 24.2 Å².